The fourth-order valence-corrected chi connectivity index (χ4v) is 1.03. The van der Waals surface area contributed by atoms with Crippen LogP contribution in [0.3, 0.4) is 0 Å². The Bertz CT molecular complexity index is 334. The zero-order chi connectivity index (χ0) is 10.2. The lowest BCUT2D eigenvalue weighted by atomic mass is 10.2. The van der Waals surface area contributed by atoms with E-state index in [0.717, 1.165) is 6.07 Å². The Hall–Kier alpha value is -0.970. The van der Waals surface area contributed by atoms with Crippen LogP contribution >= 0.6 is 11.6 Å². The number of nitrogen functional groups attached to an aromatic ring is 1. The van der Waals surface area contributed by atoms with E-state index >= 15 is 0 Å². The first-order valence-corrected chi connectivity index (χ1v) is 3.52. The maximum atomic E-state index is 12.7. The monoisotopic (exact) mass is 213 g/mol. The molecule has 72 valence electrons. The van der Waals surface area contributed by atoms with Crippen molar-refractivity contribution in [2.75, 3.05) is 5.73 Å². The predicted molar refractivity (Wildman–Crippen MR) is 40.8 cm³/mol. The Balaban J connectivity index is 3.37. The Kier molecular flexibility index (Phi) is 2.38. The third kappa shape index (κ3) is 2.03. The van der Waals surface area contributed by atoms with Crippen molar-refractivity contribution in [3.05, 3.63) is 28.5 Å². The molecule has 0 aromatic heterocycles. The summed E-state index contributed by atoms with van der Waals surface area (Å²) in [6, 6.07) is 1.32. The third-order valence-corrected chi connectivity index (χ3v) is 1.74. The maximum Gasteiger partial charge on any atom is 0.418 e. The van der Waals surface area contributed by atoms with Crippen molar-refractivity contribution in [1.29, 1.82) is 0 Å². The lowest BCUT2D eigenvalue weighted by Gasteiger charge is -2.09. The van der Waals surface area contributed by atoms with Crippen LogP contribution in [0.25, 0.3) is 0 Å². The Labute approximate surface area is 76.1 Å². The highest BCUT2D eigenvalue weighted by Gasteiger charge is 2.34. The molecule has 1 aromatic rings. The highest BCUT2D eigenvalue weighted by atomic mass is 35.5. The molecule has 0 bridgehead atoms. The van der Waals surface area contributed by atoms with Crippen molar-refractivity contribution < 1.29 is 17.6 Å². The largest absolute Gasteiger partial charge is 0.418 e. The van der Waals surface area contributed by atoms with Gasteiger partial charge in [0, 0.05) is 5.69 Å². The van der Waals surface area contributed by atoms with Crippen LogP contribution in [0.5, 0.6) is 0 Å². The molecule has 0 spiro atoms. The van der Waals surface area contributed by atoms with Gasteiger partial charge in [0.1, 0.15) is 5.82 Å². The molecule has 0 radical (unpaired) electrons. The van der Waals surface area contributed by atoms with Crippen molar-refractivity contribution >= 4 is 17.3 Å². The van der Waals surface area contributed by atoms with Crippen LogP contribution in [-0.4, -0.2) is 0 Å². The summed E-state index contributed by atoms with van der Waals surface area (Å²) in [4.78, 5) is 0. The van der Waals surface area contributed by atoms with Gasteiger partial charge in [0.15, 0.2) is 0 Å². The van der Waals surface area contributed by atoms with Crippen LogP contribution in [0, 0.1) is 5.82 Å². The Morgan fingerprint density at radius 3 is 2.23 bits per heavy atom. The number of hydrogen-bond acceptors (Lipinski definition) is 1. The quantitative estimate of drug-likeness (QED) is 0.520. The predicted octanol–water partition coefficient (Wildman–Crippen LogP) is 3.08. The van der Waals surface area contributed by atoms with E-state index < -0.39 is 22.6 Å². The van der Waals surface area contributed by atoms with Crippen molar-refractivity contribution in [2.45, 2.75) is 6.18 Å². The second-order valence-electron chi connectivity index (χ2n) is 2.36. The molecule has 0 heterocycles. The number of benzene rings is 1. The van der Waals surface area contributed by atoms with Crippen molar-refractivity contribution in [3.63, 3.8) is 0 Å². The summed E-state index contributed by atoms with van der Waals surface area (Å²) < 4.78 is 49.0. The summed E-state index contributed by atoms with van der Waals surface area (Å²) in [6.45, 7) is 0. The zero-order valence-corrected chi connectivity index (χ0v) is 6.88. The topological polar surface area (TPSA) is 26.0 Å². The minimum atomic E-state index is -4.69. The molecule has 6 heteroatoms. The van der Waals surface area contributed by atoms with E-state index in [2.05, 4.69) is 0 Å². The second-order valence-corrected chi connectivity index (χ2v) is 2.74. The van der Waals surface area contributed by atoms with Crippen molar-refractivity contribution in [2.24, 2.45) is 0 Å². The average Bonchev–Trinajstić information content (AvgIpc) is 1.94. The van der Waals surface area contributed by atoms with Gasteiger partial charge >= 0.3 is 6.18 Å². The van der Waals surface area contributed by atoms with Gasteiger partial charge in [-0.25, -0.2) is 4.39 Å². The summed E-state index contributed by atoms with van der Waals surface area (Å²) in [5.41, 5.74) is 3.46. The number of alkyl halides is 3. The van der Waals surface area contributed by atoms with Crippen LogP contribution in [0.2, 0.25) is 5.02 Å². The van der Waals surface area contributed by atoms with Crippen LogP contribution in [-0.2, 0) is 6.18 Å². The highest BCUT2D eigenvalue weighted by Crippen LogP contribution is 2.37. The molecule has 0 atom stereocenters. The average molecular weight is 214 g/mol. The second kappa shape index (κ2) is 3.06. The van der Waals surface area contributed by atoms with Gasteiger partial charge in [-0.3, -0.25) is 0 Å². The van der Waals surface area contributed by atoms with E-state index in [9.17, 15) is 17.6 Å². The zero-order valence-electron chi connectivity index (χ0n) is 6.12. The minimum Gasteiger partial charge on any atom is -0.399 e. The fraction of sp³-hybridized carbons (Fsp3) is 0.143. The van der Waals surface area contributed by atoms with Gasteiger partial charge in [0.2, 0.25) is 0 Å². The van der Waals surface area contributed by atoms with Crippen molar-refractivity contribution in [3.8, 4) is 0 Å². The van der Waals surface area contributed by atoms with E-state index in [1.54, 1.807) is 0 Å². The minimum absolute atomic E-state index is 0.311. The van der Waals surface area contributed by atoms with Crippen LogP contribution in [0.1, 0.15) is 5.56 Å². The summed E-state index contributed by atoms with van der Waals surface area (Å²) in [5.74, 6) is -1.17. The van der Waals surface area contributed by atoms with Crippen LogP contribution < -0.4 is 5.73 Å². The number of hydrogen-bond donors (Lipinski definition) is 1. The molecule has 2 N–H and O–H groups in total. The number of halogens is 5. The molecule has 0 fully saturated rings. The summed E-state index contributed by atoms with van der Waals surface area (Å²) >= 11 is 5.10. The Morgan fingerprint density at radius 2 is 1.77 bits per heavy atom. The smallest absolute Gasteiger partial charge is 0.399 e. The van der Waals surface area contributed by atoms with Gasteiger partial charge in [-0.2, -0.15) is 13.2 Å². The van der Waals surface area contributed by atoms with Gasteiger partial charge in [-0.05, 0) is 12.1 Å². The first-order valence-electron chi connectivity index (χ1n) is 3.14. The highest BCUT2D eigenvalue weighted by molar-refractivity contribution is 6.31. The summed E-state index contributed by atoms with van der Waals surface area (Å²) in [6.07, 6.45) is -4.69. The maximum absolute atomic E-state index is 12.7. The molecule has 0 unspecified atom stereocenters. The third-order valence-electron chi connectivity index (χ3n) is 1.36. The van der Waals surface area contributed by atoms with Crippen LogP contribution in [0.15, 0.2) is 12.1 Å². The fourth-order valence-electron chi connectivity index (χ4n) is 0.816. The van der Waals surface area contributed by atoms with Crippen LogP contribution in [0.4, 0.5) is 23.2 Å². The van der Waals surface area contributed by atoms with E-state index in [0.29, 0.717) is 6.07 Å². The molecule has 0 saturated heterocycles. The van der Waals surface area contributed by atoms with E-state index in [1.807, 2.05) is 0 Å². The van der Waals surface area contributed by atoms with Gasteiger partial charge in [0.25, 0.3) is 0 Å². The molecule has 1 rings (SSSR count). The first-order chi connectivity index (χ1) is 5.82. The molecule has 1 aromatic carbocycles. The standard InChI is InChI=1S/C7H4ClF4N/c8-6-4(7(10,11)12)1-3(13)2-5(6)9/h1-2H,13H2. The summed E-state index contributed by atoms with van der Waals surface area (Å²) in [7, 11) is 0. The molecule has 0 amide bonds. The van der Waals surface area contributed by atoms with Gasteiger partial charge < -0.3 is 5.73 Å². The van der Waals surface area contributed by atoms with E-state index in [-0.39, 0.29) is 5.69 Å². The lowest BCUT2D eigenvalue weighted by molar-refractivity contribution is -0.137. The van der Waals surface area contributed by atoms with Gasteiger partial charge in [0.05, 0.1) is 10.6 Å². The van der Waals surface area contributed by atoms with E-state index in [4.69, 9.17) is 17.3 Å². The number of nitrogens with two attached hydrogens (primary N) is 1. The molecular formula is C7H4ClF4N. The molecule has 1 nitrogen and oxygen atoms in total. The number of anilines is 1. The van der Waals surface area contributed by atoms with Gasteiger partial charge in [-0.15, -0.1) is 0 Å². The first kappa shape index (κ1) is 10.1. The SMILES string of the molecule is Nc1cc(F)c(Cl)c(C(F)(F)F)c1. The normalized spacial score (nSPS) is 11.8. The lowest BCUT2D eigenvalue weighted by Crippen LogP contribution is -2.07. The Morgan fingerprint density at radius 1 is 1.23 bits per heavy atom. The summed E-state index contributed by atoms with van der Waals surface area (Å²) in [5, 5.41) is -0.957. The number of rotatable bonds is 0. The van der Waals surface area contributed by atoms with Crippen molar-refractivity contribution in [1.82, 2.24) is 0 Å². The molecule has 0 aliphatic carbocycles. The van der Waals surface area contributed by atoms with Gasteiger partial charge in [-0.1, -0.05) is 11.6 Å². The molecular weight excluding hydrogens is 210 g/mol. The van der Waals surface area contributed by atoms with E-state index in [1.165, 1.54) is 0 Å². The molecule has 0 saturated carbocycles. The molecule has 0 aliphatic rings. The molecule has 0 aliphatic heterocycles. The molecule has 13 heavy (non-hydrogen) atoms.